The summed E-state index contributed by atoms with van der Waals surface area (Å²) in [6.45, 7) is 1.05. The molecule has 5 rings (SSSR count). The van der Waals surface area contributed by atoms with Gasteiger partial charge < -0.3 is 25.2 Å². The molecule has 3 atom stereocenters. The van der Waals surface area contributed by atoms with E-state index in [1.807, 2.05) is 12.1 Å². The predicted molar refractivity (Wildman–Crippen MR) is 131 cm³/mol. The van der Waals surface area contributed by atoms with E-state index in [0.717, 1.165) is 29.6 Å². The fraction of sp³-hybridized carbons (Fsp3) is 0.400. The third-order valence-electron chi connectivity index (χ3n) is 6.36. The van der Waals surface area contributed by atoms with Crippen LogP contribution in [0.3, 0.4) is 0 Å². The molecule has 1 saturated heterocycles. The van der Waals surface area contributed by atoms with Crippen molar-refractivity contribution in [2.24, 2.45) is 0 Å². The molecule has 2 aliphatic heterocycles. The second-order valence-corrected chi connectivity index (χ2v) is 9.77. The van der Waals surface area contributed by atoms with Crippen LogP contribution in [0, 0.1) is 5.82 Å². The number of aromatic nitrogens is 2. The smallest absolute Gasteiger partial charge is 0.235 e. The van der Waals surface area contributed by atoms with Gasteiger partial charge in [0.15, 0.2) is 0 Å². The number of aliphatic hydroxyl groups is 1. The van der Waals surface area contributed by atoms with Gasteiger partial charge in [0, 0.05) is 30.0 Å². The fourth-order valence-corrected chi connectivity index (χ4v) is 5.26. The summed E-state index contributed by atoms with van der Waals surface area (Å²) in [4.78, 5) is 21.2. The highest BCUT2D eigenvalue weighted by Gasteiger charge is 2.27. The number of hydrogen-bond acceptors (Lipinski definition) is 8. The molecule has 0 radical (unpaired) electrons. The Labute approximate surface area is 206 Å². The molecule has 0 saturated carbocycles. The summed E-state index contributed by atoms with van der Waals surface area (Å²) in [6.07, 6.45) is 1.85. The van der Waals surface area contributed by atoms with Gasteiger partial charge >= 0.3 is 0 Å². The van der Waals surface area contributed by atoms with Crippen LogP contribution in [0.25, 0.3) is 10.9 Å². The molecule has 3 N–H and O–H groups in total. The van der Waals surface area contributed by atoms with E-state index in [1.165, 1.54) is 11.8 Å². The van der Waals surface area contributed by atoms with Crippen LogP contribution in [0.2, 0.25) is 0 Å². The lowest BCUT2D eigenvalue weighted by molar-refractivity contribution is -0.113. The number of benzene rings is 1. The van der Waals surface area contributed by atoms with E-state index >= 15 is 0 Å². The average molecular weight is 499 g/mol. The number of rotatable bonds is 7. The number of aliphatic hydroxyl groups excluding tert-OH is 1. The number of fused-ring (bicyclic) bond motifs is 2. The molecule has 0 unspecified atom stereocenters. The third-order valence-corrected chi connectivity index (χ3v) is 7.41. The lowest BCUT2D eigenvalue weighted by Gasteiger charge is -2.31. The topological polar surface area (TPSA) is 106 Å². The van der Waals surface area contributed by atoms with Crippen molar-refractivity contribution < 1.29 is 23.8 Å². The Hall–Kier alpha value is -2.79. The number of carbonyl (C=O) groups excluding carboxylic acids is 1. The first-order valence-electron chi connectivity index (χ1n) is 11.6. The van der Waals surface area contributed by atoms with Crippen molar-refractivity contribution in [2.75, 3.05) is 24.8 Å². The van der Waals surface area contributed by atoms with Crippen molar-refractivity contribution in [3.63, 3.8) is 0 Å². The minimum absolute atomic E-state index is 0.0344. The summed E-state index contributed by atoms with van der Waals surface area (Å²) < 4.78 is 25.9. The predicted octanol–water partition coefficient (Wildman–Crippen LogP) is 3.58. The van der Waals surface area contributed by atoms with Crippen molar-refractivity contribution in [3.8, 4) is 5.75 Å². The number of hydrogen-bond donors (Lipinski definition) is 3. The van der Waals surface area contributed by atoms with Crippen LogP contribution in [0.4, 0.5) is 10.2 Å². The minimum atomic E-state index is -1.02. The van der Waals surface area contributed by atoms with Crippen LogP contribution in [-0.4, -0.2) is 52.6 Å². The van der Waals surface area contributed by atoms with E-state index in [2.05, 4.69) is 20.6 Å². The van der Waals surface area contributed by atoms with Crippen molar-refractivity contribution in [2.45, 2.75) is 49.0 Å². The van der Waals surface area contributed by atoms with Gasteiger partial charge in [-0.3, -0.25) is 9.78 Å². The Morgan fingerprint density at radius 3 is 3.03 bits per heavy atom. The Bertz CT molecular complexity index is 1240. The zero-order valence-electron chi connectivity index (χ0n) is 19.3. The number of nitrogens with one attached hydrogen (secondary N) is 2. The minimum Gasteiger partial charge on any atom is -0.497 e. The zero-order valence-corrected chi connectivity index (χ0v) is 20.1. The number of ether oxygens (including phenoxy) is 2. The molecule has 1 fully saturated rings. The lowest BCUT2D eigenvalue weighted by Crippen LogP contribution is -2.40. The highest BCUT2D eigenvalue weighted by molar-refractivity contribution is 8.00. The first-order valence-corrected chi connectivity index (χ1v) is 12.6. The highest BCUT2D eigenvalue weighted by atomic mass is 32.2. The molecular weight excluding hydrogens is 471 g/mol. The molecular formula is C25H27FN4O4S. The number of thioether (sulfide) groups is 1. The van der Waals surface area contributed by atoms with Crippen LogP contribution in [0.5, 0.6) is 5.75 Å². The molecule has 1 amide bonds. The Morgan fingerprint density at radius 2 is 2.23 bits per heavy atom. The number of carbonyl (C=O) groups is 1. The molecule has 8 nitrogen and oxygen atoms in total. The summed E-state index contributed by atoms with van der Waals surface area (Å²) in [5.41, 5.74) is 1.67. The number of methoxy groups -OCH3 is 1. The first kappa shape index (κ1) is 23.9. The maximum atomic E-state index is 14.7. The lowest BCUT2D eigenvalue weighted by atomic mass is 9.95. The van der Waals surface area contributed by atoms with Gasteiger partial charge in [0.25, 0.3) is 0 Å². The van der Waals surface area contributed by atoms with Gasteiger partial charge in [-0.2, -0.15) is 0 Å². The molecule has 0 bridgehead atoms. The Morgan fingerprint density at radius 1 is 1.34 bits per heavy atom. The Kier molecular flexibility index (Phi) is 7.14. The summed E-state index contributed by atoms with van der Waals surface area (Å²) >= 11 is 1.49. The molecule has 1 aromatic carbocycles. The van der Waals surface area contributed by atoms with E-state index in [-0.39, 0.29) is 23.6 Å². The van der Waals surface area contributed by atoms with Crippen molar-refractivity contribution in [1.82, 2.24) is 15.3 Å². The van der Waals surface area contributed by atoms with Gasteiger partial charge in [0.2, 0.25) is 5.91 Å². The molecule has 2 aromatic heterocycles. The molecule has 2 aliphatic rings. The Balaban J connectivity index is 1.16. The van der Waals surface area contributed by atoms with E-state index in [9.17, 15) is 14.3 Å². The maximum Gasteiger partial charge on any atom is 0.235 e. The molecule has 10 heteroatoms. The average Bonchev–Trinajstić information content (AvgIpc) is 2.87. The van der Waals surface area contributed by atoms with Crippen molar-refractivity contribution in [3.05, 3.63) is 53.6 Å². The van der Waals surface area contributed by atoms with Crippen LogP contribution >= 0.6 is 11.8 Å². The standard InChI is InChI=1S/C25H27FN4O4S/c1-33-16-5-6-20-18(8-16)24(19(26)11-28-20)21(31)9-17-4-2-15(12-34-17)27-10-14-3-7-22-25(29-14)30-23(32)13-35-22/h3,5-8,11,15,17,21,27,31H,2,4,9-10,12-13H2,1H3,(H,29,30,32)/t15-,17+,21-/m1/s1. The normalized spacial score (nSPS) is 20.8. The quantitative estimate of drug-likeness (QED) is 0.454. The number of amides is 1. The van der Waals surface area contributed by atoms with Gasteiger partial charge in [0.05, 0.1) is 54.0 Å². The summed E-state index contributed by atoms with van der Waals surface area (Å²) in [5, 5.41) is 17.7. The van der Waals surface area contributed by atoms with Gasteiger partial charge in [0.1, 0.15) is 17.4 Å². The maximum absolute atomic E-state index is 14.7. The van der Waals surface area contributed by atoms with Gasteiger partial charge in [-0.1, -0.05) is 0 Å². The van der Waals surface area contributed by atoms with Crippen LogP contribution in [0.1, 0.15) is 36.6 Å². The highest BCUT2D eigenvalue weighted by Crippen LogP contribution is 2.33. The first-order chi connectivity index (χ1) is 17.0. The van der Waals surface area contributed by atoms with Gasteiger partial charge in [-0.05, 0) is 43.2 Å². The van der Waals surface area contributed by atoms with E-state index in [0.29, 0.717) is 47.8 Å². The number of nitrogens with zero attached hydrogens (tertiary/aromatic N) is 2. The fourth-order valence-electron chi connectivity index (χ4n) is 4.50. The monoisotopic (exact) mass is 498 g/mol. The molecule has 3 aromatic rings. The molecule has 184 valence electrons. The molecule has 4 heterocycles. The van der Waals surface area contributed by atoms with Crippen LogP contribution < -0.4 is 15.4 Å². The van der Waals surface area contributed by atoms with E-state index in [4.69, 9.17) is 9.47 Å². The zero-order chi connectivity index (χ0) is 24.4. The third kappa shape index (κ3) is 5.40. The summed E-state index contributed by atoms with van der Waals surface area (Å²) in [5.74, 6) is 1.04. The molecule has 35 heavy (non-hydrogen) atoms. The number of anilines is 1. The van der Waals surface area contributed by atoms with Crippen molar-refractivity contribution in [1.29, 1.82) is 0 Å². The van der Waals surface area contributed by atoms with Crippen LogP contribution in [0.15, 0.2) is 41.4 Å². The summed E-state index contributed by atoms with van der Waals surface area (Å²) in [6, 6.07) is 9.30. The van der Waals surface area contributed by atoms with E-state index < -0.39 is 11.9 Å². The molecule has 0 aliphatic carbocycles. The van der Waals surface area contributed by atoms with Gasteiger partial charge in [-0.25, -0.2) is 9.37 Å². The number of pyridine rings is 2. The van der Waals surface area contributed by atoms with Gasteiger partial charge in [-0.15, -0.1) is 11.8 Å². The number of halogens is 1. The van der Waals surface area contributed by atoms with Crippen molar-refractivity contribution >= 4 is 34.4 Å². The van der Waals surface area contributed by atoms with Crippen LogP contribution in [-0.2, 0) is 16.1 Å². The SMILES string of the molecule is COc1ccc2ncc(F)c([C@H](O)C[C@@H]3CC[C@@H](NCc4ccc5c(n4)NC(=O)CS5)CO3)c2c1. The summed E-state index contributed by atoms with van der Waals surface area (Å²) in [7, 11) is 1.54. The second kappa shape index (κ2) is 10.4. The van der Waals surface area contributed by atoms with E-state index in [1.54, 1.807) is 25.3 Å². The molecule has 0 spiro atoms. The largest absolute Gasteiger partial charge is 0.497 e. The second-order valence-electron chi connectivity index (χ2n) is 8.75.